The Morgan fingerprint density at radius 1 is 1.47 bits per heavy atom. The van der Waals surface area contributed by atoms with Crippen molar-refractivity contribution in [3.8, 4) is 0 Å². The summed E-state index contributed by atoms with van der Waals surface area (Å²) in [6.45, 7) is 1.31. The van der Waals surface area contributed by atoms with Crippen LogP contribution in [0.1, 0.15) is 12.5 Å². The monoisotopic (exact) mass is 372 g/mol. The Morgan fingerprint density at radius 3 is 2.84 bits per heavy atom. The molecule has 5 nitrogen and oxygen atoms in total. The molecule has 0 saturated carbocycles. The highest BCUT2D eigenvalue weighted by Crippen LogP contribution is 2.21. The third kappa shape index (κ3) is 3.25. The Labute approximate surface area is 123 Å². The van der Waals surface area contributed by atoms with Gasteiger partial charge in [-0.05, 0) is 40.3 Å². The van der Waals surface area contributed by atoms with Gasteiger partial charge in [0.1, 0.15) is 6.04 Å². The molecule has 19 heavy (non-hydrogen) atoms. The lowest BCUT2D eigenvalue weighted by atomic mass is 10.1. The van der Waals surface area contributed by atoms with Gasteiger partial charge in [-0.15, -0.1) is 0 Å². The zero-order valence-corrected chi connectivity index (χ0v) is 12.4. The van der Waals surface area contributed by atoms with Gasteiger partial charge in [-0.25, -0.2) is 4.79 Å². The number of fused-ring (bicyclic) bond motifs is 1. The second-order valence-electron chi connectivity index (χ2n) is 4.30. The van der Waals surface area contributed by atoms with Crippen LogP contribution in [0.3, 0.4) is 0 Å². The van der Waals surface area contributed by atoms with Crippen molar-refractivity contribution in [2.24, 2.45) is 0 Å². The highest BCUT2D eigenvalue weighted by molar-refractivity contribution is 14.1. The third-order valence-corrected chi connectivity index (χ3v) is 3.50. The molecule has 1 heterocycles. The minimum atomic E-state index is -1.03. The minimum Gasteiger partial charge on any atom is -0.480 e. The standard InChI is InChI=1S/C13H13IN2O3/c1-7(17)16-12(13(18)19)4-8-6-15-11-5-9(14)2-3-10(8)11/h2-3,5-6,12,15H,4H2,1H3,(H,16,17)(H,18,19)/t12-/m1/s1. The van der Waals surface area contributed by atoms with Gasteiger partial charge in [-0.1, -0.05) is 6.07 Å². The predicted molar refractivity (Wildman–Crippen MR) is 80.0 cm³/mol. The van der Waals surface area contributed by atoms with Crippen LogP contribution < -0.4 is 5.32 Å². The van der Waals surface area contributed by atoms with E-state index in [1.54, 1.807) is 6.20 Å². The largest absolute Gasteiger partial charge is 0.480 e. The van der Waals surface area contributed by atoms with Gasteiger partial charge in [-0.3, -0.25) is 4.79 Å². The maximum absolute atomic E-state index is 11.1. The predicted octanol–water partition coefficient (Wildman–Crippen LogP) is 1.90. The van der Waals surface area contributed by atoms with Gasteiger partial charge in [0.05, 0.1) is 0 Å². The Balaban J connectivity index is 2.28. The normalized spacial score (nSPS) is 12.3. The Kier molecular flexibility index (Phi) is 4.08. The number of nitrogens with one attached hydrogen (secondary N) is 2. The molecule has 0 aliphatic heterocycles. The molecule has 0 aliphatic rings. The Bertz CT molecular complexity index is 636. The molecule has 1 aromatic heterocycles. The van der Waals surface area contributed by atoms with Gasteiger partial charge in [0.15, 0.2) is 0 Å². The number of rotatable bonds is 4. The number of carboxylic acid groups (broad SMARTS) is 1. The smallest absolute Gasteiger partial charge is 0.326 e. The van der Waals surface area contributed by atoms with E-state index < -0.39 is 12.0 Å². The van der Waals surface area contributed by atoms with Crippen LogP contribution in [0.15, 0.2) is 24.4 Å². The third-order valence-electron chi connectivity index (χ3n) is 2.83. The summed E-state index contributed by atoms with van der Waals surface area (Å²) in [5, 5.41) is 12.5. The number of aromatic amines is 1. The average Bonchev–Trinajstić information content (AvgIpc) is 2.70. The molecular weight excluding hydrogens is 359 g/mol. The first-order chi connectivity index (χ1) is 8.97. The SMILES string of the molecule is CC(=O)N[C@H](Cc1c[nH]c2cc(I)ccc12)C(=O)O. The number of halogens is 1. The molecular formula is C13H13IN2O3. The highest BCUT2D eigenvalue weighted by atomic mass is 127. The van der Waals surface area contributed by atoms with Gasteiger partial charge >= 0.3 is 5.97 Å². The number of benzene rings is 1. The van der Waals surface area contributed by atoms with Crippen molar-refractivity contribution >= 4 is 45.4 Å². The van der Waals surface area contributed by atoms with E-state index in [9.17, 15) is 9.59 Å². The summed E-state index contributed by atoms with van der Waals surface area (Å²) in [5.74, 6) is -1.38. The van der Waals surface area contributed by atoms with Crippen LogP contribution in [-0.2, 0) is 16.0 Å². The summed E-state index contributed by atoms with van der Waals surface area (Å²) >= 11 is 2.22. The van der Waals surface area contributed by atoms with Gasteiger partial charge < -0.3 is 15.4 Å². The number of hydrogen-bond acceptors (Lipinski definition) is 2. The quantitative estimate of drug-likeness (QED) is 0.718. The molecule has 0 spiro atoms. The topological polar surface area (TPSA) is 82.2 Å². The number of carbonyl (C=O) groups excluding carboxylic acids is 1. The zero-order chi connectivity index (χ0) is 14.0. The molecule has 2 aromatic rings. The van der Waals surface area contributed by atoms with Crippen LogP contribution in [0.4, 0.5) is 0 Å². The van der Waals surface area contributed by atoms with Crippen molar-refractivity contribution in [1.29, 1.82) is 0 Å². The van der Waals surface area contributed by atoms with Gasteiger partial charge in [0, 0.05) is 34.0 Å². The van der Waals surface area contributed by atoms with Crippen LogP contribution in [0.5, 0.6) is 0 Å². The van der Waals surface area contributed by atoms with Gasteiger partial charge in [0.2, 0.25) is 5.91 Å². The van der Waals surface area contributed by atoms with Crippen molar-refractivity contribution in [2.45, 2.75) is 19.4 Å². The van der Waals surface area contributed by atoms with E-state index in [0.29, 0.717) is 0 Å². The summed E-state index contributed by atoms with van der Waals surface area (Å²) in [6.07, 6.45) is 2.05. The van der Waals surface area contributed by atoms with E-state index in [0.717, 1.165) is 20.0 Å². The highest BCUT2D eigenvalue weighted by Gasteiger charge is 2.20. The molecule has 1 aromatic carbocycles. The lowest BCUT2D eigenvalue weighted by Gasteiger charge is -2.12. The van der Waals surface area contributed by atoms with E-state index in [1.165, 1.54) is 6.92 Å². The second kappa shape index (κ2) is 5.60. The Hall–Kier alpha value is -1.57. The lowest BCUT2D eigenvalue weighted by molar-refractivity contribution is -0.141. The van der Waals surface area contributed by atoms with Gasteiger partial charge in [0.25, 0.3) is 0 Å². The fraction of sp³-hybridized carbons (Fsp3) is 0.231. The number of carboxylic acids is 1. The fourth-order valence-electron chi connectivity index (χ4n) is 1.99. The fourth-order valence-corrected chi connectivity index (χ4v) is 2.48. The second-order valence-corrected chi connectivity index (χ2v) is 5.54. The average molecular weight is 372 g/mol. The van der Waals surface area contributed by atoms with Crippen LogP contribution in [0.25, 0.3) is 10.9 Å². The van der Waals surface area contributed by atoms with E-state index in [-0.39, 0.29) is 12.3 Å². The number of aliphatic carboxylic acids is 1. The molecule has 0 fully saturated rings. The number of H-pyrrole nitrogens is 1. The molecule has 1 atom stereocenters. The summed E-state index contributed by atoms with van der Waals surface area (Å²) in [4.78, 5) is 25.3. The first kappa shape index (κ1) is 13.9. The summed E-state index contributed by atoms with van der Waals surface area (Å²) in [6, 6.07) is 5.01. The number of amides is 1. The first-order valence-corrected chi connectivity index (χ1v) is 6.80. The molecule has 0 radical (unpaired) electrons. The van der Waals surface area contributed by atoms with Crippen molar-refractivity contribution in [3.05, 3.63) is 33.5 Å². The molecule has 1 amide bonds. The van der Waals surface area contributed by atoms with Crippen LogP contribution >= 0.6 is 22.6 Å². The molecule has 0 unspecified atom stereocenters. The lowest BCUT2D eigenvalue weighted by Crippen LogP contribution is -2.41. The Morgan fingerprint density at radius 2 is 2.21 bits per heavy atom. The van der Waals surface area contributed by atoms with E-state index in [2.05, 4.69) is 32.9 Å². The number of hydrogen-bond donors (Lipinski definition) is 3. The maximum Gasteiger partial charge on any atom is 0.326 e. The van der Waals surface area contributed by atoms with Crippen molar-refractivity contribution in [2.75, 3.05) is 0 Å². The molecule has 2 rings (SSSR count). The van der Waals surface area contributed by atoms with Crippen molar-refractivity contribution < 1.29 is 14.7 Å². The minimum absolute atomic E-state index is 0.259. The molecule has 6 heteroatoms. The summed E-state index contributed by atoms with van der Waals surface area (Å²) < 4.78 is 1.11. The first-order valence-electron chi connectivity index (χ1n) is 5.73. The number of carbonyl (C=O) groups is 2. The zero-order valence-electron chi connectivity index (χ0n) is 10.2. The van der Waals surface area contributed by atoms with Crippen LogP contribution in [0.2, 0.25) is 0 Å². The van der Waals surface area contributed by atoms with Crippen LogP contribution in [-0.4, -0.2) is 28.0 Å². The van der Waals surface area contributed by atoms with E-state index in [4.69, 9.17) is 5.11 Å². The van der Waals surface area contributed by atoms with E-state index in [1.807, 2.05) is 18.2 Å². The van der Waals surface area contributed by atoms with E-state index >= 15 is 0 Å². The van der Waals surface area contributed by atoms with Crippen molar-refractivity contribution in [3.63, 3.8) is 0 Å². The molecule has 0 saturated heterocycles. The maximum atomic E-state index is 11.1. The van der Waals surface area contributed by atoms with Gasteiger partial charge in [-0.2, -0.15) is 0 Å². The number of aromatic nitrogens is 1. The van der Waals surface area contributed by atoms with Crippen LogP contribution in [0, 0.1) is 3.57 Å². The molecule has 0 aliphatic carbocycles. The summed E-state index contributed by atoms with van der Waals surface area (Å²) in [5.41, 5.74) is 1.85. The molecule has 0 bridgehead atoms. The molecule has 3 N–H and O–H groups in total. The summed E-state index contributed by atoms with van der Waals surface area (Å²) in [7, 11) is 0. The van der Waals surface area contributed by atoms with Crippen molar-refractivity contribution in [1.82, 2.24) is 10.3 Å². The molecule has 100 valence electrons.